The number of nitrogens with zero attached hydrogens (tertiary/aromatic N) is 3. The maximum Gasteiger partial charge on any atom is 0.142 e. The van der Waals surface area contributed by atoms with Crippen LogP contribution >= 0.6 is 0 Å². The number of benzene rings is 1. The second-order valence-corrected chi connectivity index (χ2v) is 4.46. The number of aromatic amines is 1. The number of pyridine rings is 1. The number of hydrogen-bond donors (Lipinski definition) is 1. The Balaban J connectivity index is 1.91. The van der Waals surface area contributed by atoms with Crippen LogP contribution in [0.4, 0.5) is 5.82 Å². The Morgan fingerprint density at radius 1 is 1.06 bits per heavy atom. The topological polar surface area (TPSA) is 44.6 Å². The van der Waals surface area contributed by atoms with Gasteiger partial charge in [0, 0.05) is 19.3 Å². The number of anilines is 1. The van der Waals surface area contributed by atoms with Crippen molar-refractivity contribution < 1.29 is 0 Å². The molecule has 0 aliphatic carbocycles. The molecule has 4 rings (SSSR count). The Labute approximate surface area is 104 Å². The van der Waals surface area contributed by atoms with E-state index in [1.54, 1.807) is 0 Å². The summed E-state index contributed by atoms with van der Waals surface area (Å²) in [7, 11) is 0. The van der Waals surface area contributed by atoms with Crippen LogP contribution in [0.2, 0.25) is 0 Å². The molecule has 1 aliphatic rings. The molecule has 4 nitrogen and oxygen atoms in total. The number of rotatable bonds is 2. The summed E-state index contributed by atoms with van der Waals surface area (Å²) in [6, 6.07) is 12.1. The minimum atomic E-state index is 0.895. The molecule has 1 fully saturated rings. The minimum absolute atomic E-state index is 0.895. The maximum atomic E-state index is 4.63. The molecule has 88 valence electrons. The second kappa shape index (κ2) is 3.57. The molecular weight excluding hydrogens is 224 g/mol. The van der Waals surface area contributed by atoms with Crippen LogP contribution in [0.5, 0.6) is 0 Å². The lowest BCUT2D eigenvalue weighted by molar-refractivity contribution is 1.21. The number of aromatic nitrogens is 3. The molecule has 0 atom stereocenters. The van der Waals surface area contributed by atoms with Crippen LogP contribution in [0.1, 0.15) is 0 Å². The zero-order valence-corrected chi connectivity index (χ0v) is 9.80. The minimum Gasteiger partial charge on any atom is -0.352 e. The van der Waals surface area contributed by atoms with Gasteiger partial charge in [0.1, 0.15) is 11.6 Å². The van der Waals surface area contributed by atoms with Crippen LogP contribution in [0.25, 0.3) is 22.4 Å². The number of H-pyrrole nitrogens is 1. The van der Waals surface area contributed by atoms with Gasteiger partial charge in [-0.15, -0.1) is 0 Å². The van der Waals surface area contributed by atoms with Gasteiger partial charge in [0.15, 0.2) is 0 Å². The van der Waals surface area contributed by atoms with Crippen LogP contribution in [0, 0.1) is 0 Å². The third-order valence-corrected chi connectivity index (χ3v) is 3.18. The van der Waals surface area contributed by atoms with Crippen molar-refractivity contribution in [3.8, 4) is 11.4 Å². The predicted molar refractivity (Wildman–Crippen MR) is 71.5 cm³/mol. The van der Waals surface area contributed by atoms with Crippen molar-refractivity contribution in [1.82, 2.24) is 15.0 Å². The number of fused-ring (bicyclic) bond motifs is 1. The first-order valence-electron chi connectivity index (χ1n) is 6.07. The maximum absolute atomic E-state index is 4.63. The van der Waals surface area contributed by atoms with E-state index in [1.807, 2.05) is 36.5 Å². The first kappa shape index (κ1) is 9.65. The van der Waals surface area contributed by atoms with Gasteiger partial charge in [-0.25, -0.2) is 9.97 Å². The van der Waals surface area contributed by atoms with E-state index in [0.29, 0.717) is 0 Å². The highest BCUT2D eigenvalue weighted by molar-refractivity contribution is 5.82. The lowest BCUT2D eigenvalue weighted by atomic mass is 10.2. The Bertz CT molecular complexity index is 679. The first-order chi connectivity index (χ1) is 8.92. The number of nitrogens with one attached hydrogen (secondary N) is 1. The smallest absolute Gasteiger partial charge is 0.142 e. The van der Waals surface area contributed by atoms with Gasteiger partial charge in [0.2, 0.25) is 0 Å². The van der Waals surface area contributed by atoms with Gasteiger partial charge >= 0.3 is 0 Å². The van der Waals surface area contributed by atoms with E-state index in [-0.39, 0.29) is 0 Å². The van der Waals surface area contributed by atoms with Gasteiger partial charge in [-0.3, -0.25) is 0 Å². The third-order valence-electron chi connectivity index (χ3n) is 3.18. The van der Waals surface area contributed by atoms with Crippen molar-refractivity contribution in [2.75, 3.05) is 18.0 Å². The monoisotopic (exact) mass is 236 g/mol. The number of hydrogen-bond acceptors (Lipinski definition) is 3. The molecule has 1 aliphatic heterocycles. The summed E-state index contributed by atoms with van der Waals surface area (Å²) in [4.78, 5) is 14.7. The van der Waals surface area contributed by atoms with Crippen LogP contribution in [-0.2, 0) is 0 Å². The Hall–Kier alpha value is -2.36. The molecule has 0 bridgehead atoms. The zero-order valence-electron chi connectivity index (χ0n) is 9.80. The Morgan fingerprint density at radius 3 is 2.78 bits per heavy atom. The highest BCUT2D eigenvalue weighted by Gasteiger charge is 2.23. The highest BCUT2D eigenvalue weighted by Crippen LogP contribution is 2.31. The van der Waals surface area contributed by atoms with E-state index in [1.165, 1.54) is 0 Å². The molecule has 0 unspecified atom stereocenters. The molecule has 0 saturated carbocycles. The molecule has 1 saturated heterocycles. The molecule has 1 N–H and O–H groups in total. The molecular formula is C14H12N4. The van der Waals surface area contributed by atoms with Crippen molar-refractivity contribution in [3.63, 3.8) is 0 Å². The van der Waals surface area contributed by atoms with Crippen LogP contribution in [0.3, 0.4) is 0 Å². The summed E-state index contributed by atoms with van der Waals surface area (Å²) >= 11 is 0. The third kappa shape index (κ3) is 1.46. The summed E-state index contributed by atoms with van der Waals surface area (Å²) in [5.41, 5.74) is 3.13. The highest BCUT2D eigenvalue weighted by atomic mass is 15.3. The largest absolute Gasteiger partial charge is 0.352 e. The summed E-state index contributed by atoms with van der Waals surface area (Å²) in [5.74, 6) is 1.92. The fourth-order valence-corrected chi connectivity index (χ4v) is 2.18. The van der Waals surface area contributed by atoms with Crippen molar-refractivity contribution in [2.45, 2.75) is 0 Å². The van der Waals surface area contributed by atoms with E-state index < -0.39 is 0 Å². The quantitative estimate of drug-likeness (QED) is 0.695. The Kier molecular flexibility index (Phi) is 1.91. The van der Waals surface area contributed by atoms with Crippen LogP contribution < -0.4 is 4.90 Å². The lowest BCUT2D eigenvalue weighted by Crippen LogP contribution is -1.97. The van der Waals surface area contributed by atoms with Crippen molar-refractivity contribution in [1.29, 1.82) is 0 Å². The van der Waals surface area contributed by atoms with Crippen molar-refractivity contribution in [2.24, 2.45) is 0 Å². The summed E-state index contributed by atoms with van der Waals surface area (Å²) in [6.45, 7) is 2.18. The fraction of sp³-hybridized carbons (Fsp3) is 0.143. The van der Waals surface area contributed by atoms with Crippen LogP contribution in [0.15, 0.2) is 42.6 Å². The molecule has 4 heteroatoms. The second-order valence-electron chi connectivity index (χ2n) is 4.46. The molecule has 2 aromatic heterocycles. The van der Waals surface area contributed by atoms with E-state index in [4.69, 9.17) is 0 Å². The Morgan fingerprint density at radius 2 is 1.94 bits per heavy atom. The molecule has 0 spiro atoms. The van der Waals surface area contributed by atoms with Gasteiger partial charge < -0.3 is 9.88 Å². The molecule has 3 heterocycles. The molecule has 0 amide bonds. The first-order valence-corrected chi connectivity index (χ1v) is 6.07. The summed E-state index contributed by atoms with van der Waals surface area (Å²) < 4.78 is 0. The van der Waals surface area contributed by atoms with E-state index in [2.05, 4.69) is 25.9 Å². The van der Waals surface area contributed by atoms with E-state index in [0.717, 1.165) is 41.3 Å². The van der Waals surface area contributed by atoms with Crippen LogP contribution in [-0.4, -0.2) is 28.0 Å². The average Bonchev–Trinajstić information content (AvgIpc) is 3.17. The van der Waals surface area contributed by atoms with Gasteiger partial charge in [-0.1, -0.05) is 12.1 Å². The van der Waals surface area contributed by atoms with Gasteiger partial charge in [0.05, 0.1) is 16.6 Å². The lowest BCUT2D eigenvalue weighted by Gasteiger charge is -2.06. The number of imidazole rings is 1. The van der Waals surface area contributed by atoms with Gasteiger partial charge in [-0.2, -0.15) is 0 Å². The molecule has 3 aromatic rings. The fourth-order valence-electron chi connectivity index (χ4n) is 2.18. The van der Waals surface area contributed by atoms with E-state index in [9.17, 15) is 0 Å². The van der Waals surface area contributed by atoms with Gasteiger partial charge in [-0.05, 0) is 24.3 Å². The summed E-state index contributed by atoms with van der Waals surface area (Å²) in [6.07, 6.45) is 1.83. The predicted octanol–water partition coefficient (Wildman–Crippen LogP) is 2.44. The van der Waals surface area contributed by atoms with Crippen molar-refractivity contribution in [3.05, 3.63) is 42.6 Å². The molecule has 1 aromatic carbocycles. The molecule has 0 radical (unpaired) electrons. The standard InChI is InChI=1S/C14H12N4/c1-2-6-12-11(5-1)16-13(17-12)10-4-3-7-15-14(10)18-8-9-18/h1-7H,8-9H2,(H,16,17). The van der Waals surface area contributed by atoms with Crippen molar-refractivity contribution >= 4 is 16.9 Å². The normalized spacial score (nSPS) is 14.1. The SMILES string of the molecule is c1cnc(N2CC2)c(-c2nc3ccccc3[nH]2)c1. The molecule has 18 heavy (non-hydrogen) atoms. The van der Waals surface area contributed by atoms with Gasteiger partial charge in [0.25, 0.3) is 0 Å². The van der Waals surface area contributed by atoms with E-state index >= 15 is 0 Å². The number of para-hydroxylation sites is 2. The average molecular weight is 236 g/mol. The zero-order chi connectivity index (χ0) is 11.9. The summed E-state index contributed by atoms with van der Waals surface area (Å²) in [5, 5.41) is 0.